The SMILES string of the molecule is CCc1ccc(NC(=O)c2cc[nH]c2C)cc1. The molecule has 0 unspecified atom stereocenters. The first-order valence-electron chi connectivity index (χ1n) is 5.75. The molecule has 3 heteroatoms. The second-order valence-electron chi connectivity index (χ2n) is 4.02. The van der Waals surface area contributed by atoms with Gasteiger partial charge in [-0.25, -0.2) is 0 Å². The number of hydrogen-bond acceptors (Lipinski definition) is 1. The summed E-state index contributed by atoms with van der Waals surface area (Å²) < 4.78 is 0. The van der Waals surface area contributed by atoms with E-state index in [0.717, 1.165) is 17.8 Å². The Hall–Kier alpha value is -2.03. The molecule has 0 saturated carbocycles. The number of benzene rings is 1. The van der Waals surface area contributed by atoms with E-state index in [0.29, 0.717) is 5.56 Å². The van der Waals surface area contributed by atoms with Crippen LogP contribution >= 0.6 is 0 Å². The summed E-state index contributed by atoms with van der Waals surface area (Å²) in [4.78, 5) is 14.9. The molecular weight excluding hydrogens is 212 g/mol. The number of hydrogen-bond donors (Lipinski definition) is 2. The molecule has 0 fully saturated rings. The van der Waals surface area contributed by atoms with Gasteiger partial charge in [-0.3, -0.25) is 4.79 Å². The van der Waals surface area contributed by atoms with Crippen molar-refractivity contribution in [3.8, 4) is 0 Å². The molecule has 0 atom stereocenters. The number of aromatic amines is 1. The molecule has 2 aromatic rings. The monoisotopic (exact) mass is 228 g/mol. The summed E-state index contributed by atoms with van der Waals surface area (Å²) in [7, 11) is 0. The first-order valence-corrected chi connectivity index (χ1v) is 5.75. The molecule has 0 saturated heterocycles. The van der Waals surface area contributed by atoms with Crippen LogP contribution in [0.15, 0.2) is 36.5 Å². The second kappa shape index (κ2) is 4.87. The van der Waals surface area contributed by atoms with Crippen molar-refractivity contribution >= 4 is 11.6 Å². The zero-order valence-electron chi connectivity index (χ0n) is 10.1. The van der Waals surface area contributed by atoms with Crippen LogP contribution in [-0.2, 0) is 6.42 Å². The molecule has 0 spiro atoms. The molecule has 3 nitrogen and oxygen atoms in total. The van der Waals surface area contributed by atoms with E-state index in [4.69, 9.17) is 0 Å². The van der Waals surface area contributed by atoms with Crippen LogP contribution in [-0.4, -0.2) is 10.9 Å². The van der Waals surface area contributed by atoms with Gasteiger partial charge in [-0.15, -0.1) is 0 Å². The molecule has 0 bridgehead atoms. The maximum atomic E-state index is 11.9. The molecule has 88 valence electrons. The summed E-state index contributed by atoms with van der Waals surface area (Å²) in [6.45, 7) is 3.99. The van der Waals surface area contributed by atoms with Crippen molar-refractivity contribution in [2.45, 2.75) is 20.3 Å². The Morgan fingerprint density at radius 2 is 1.94 bits per heavy atom. The fourth-order valence-electron chi connectivity index (χ4n) is 1.72. The minimum absolute atomic E-state index is 0.0759. The van der Waals surface area contributed by atoms with E-state index in [1.165, 1.54) is 5.56 Å². The summed E-state index contributed by atoms with van der Waals surface area (Å²) in [5.74, 6) is -0.0759. The van der Waals surface area contributed by atoms with Crippen molar-refractivity contribution in [2.24, 2.45) is 0 Å². The number of carbonyl (C=O) groups is 1. The predicted molar refractivity (Wildman–Crippen MR) is 69.3 cm³/mol. The number of rotatable bonds is 3. The molecule has 1 heterocycles. The van der Waals surface area contributed by atoms with Gasteiger partial charge in [-0.2, -0.15) is 0 Å². The number of amides is 1. The van der Waals surface area contributed by atoms with Crippen LogP contribution in [0.5, 0.6) is 0 Å². The Bertz CT molecular complexity index is 511. The lowest BCUT2D eigenvalue weighted by atomic mass is 10.1. The van der Waals surface area contributed by atoms with Crippen molar-refractivity contribution in [2.75, 3.05) is 5.32 Å². The molecule has 1 amide bonds. The standard InChI is InChI=1S/C14H16N2O/c1-3-11-4-6-12(7-5-11)16-14(17)13-8-9-15-10(13)2/h4-9,15H,3H2,1-2H3,(H,16,17). The Balaban J connectivity index is 2.10. The van der Waals surface area contributed by atoms with Crippen molar-refractivity contribution in [1.82, 2.24) is 4.98 Å². The van der Waals surface area contributed by atoms with Crippen molar-refractivity contribution in [3.05, 3.63) is 53.3 Å². The van der Waals surface area contributed by atoms with E-state index in [2.05, 4.69) is 17.2 Å². The van der Waals surface area contributed by atoms with Gasteiger partial charge in [0.25, 0.3) is 5.91 Å². The summed E-state index contributed by atoms with van der Waals surface area (Å²) in [5, 5.41) is 2.88. The molecule has 2 rings (SSSR count). The van der Waals surface area contributed by atoms with Gasteiger partial charge in [-0.05, 0) is 37.1 Å². The van der Waals surface area contributed by atoms with Crippen LogP contribution in [0.2, 0.25) is 0 Å². The molecule has 0 aliphatic heterocycles. The Morgan fingerprint density at radius 3 is 2.47 bits per heavy atom. The number of aryl methyl sites for hydroxylation is 2. The van der Waals surface area contributed by atoms with Crippen LogP contribution in [0, 0.1) is 6.92 Å². The van der Waals surface area contributed by atoms with Gasteiger partial charge in [-0.1, -0.05) is 19.1 Å². The van der Waals surface area contributed by atoms with Gasteiger partial charge < -0.3 is 10.3 Å². The molecule has 17 heavy (non-hydrogen) atoms. The zero-order chi connectivity index (χ0) is 12.3. The molecule has 0 aliphatic rings. The molecule has 2 N–H and O–H groups in total. The fourth-order valence-corrected chi connectivity index (χ4v) is 1.72. The van der Waals surface area contributed by atoms with E-state index in [9.17, 15) is 4.79 Å². The first-order chi connectivity index (χ1) is 8.20. The van der Waals surface area contributed by atoms with Gasteiger partial charge in [0, 0.05) is 17.6 Å². The Kier molecular flexibility index (Phi) is 3.28. The number of aromatic nitrogens is 1. The normalized spacial score (nSPS) is 10.2. The lowest BCUT2D eigenvalue weighted by molar-refractivity contribution is 0.102. The van der Waals surface area contributed by atoms with E-state index in [1.54, 1.807) is 12.3 Å². The minimum atomic E-state index is -0.0759. The lowest BCUT2D eigenvalue weighted by Crippen LogP contribution is -2.12. The highest BCUT2D eigenvalue weighted by molar-refractivity contribution is 6.05. The zero-order valence-corrected chi connectivity index (χ0v) is 10.1. The number of carbonyl (C=O) groups excluding carboxylic acids is 1. The largest absolute Gasteiger partial charge is 0.365 e. The van der Waals surface area contributed by atoms with E-state index in [1.807, 2.05) is 31.2 Å². The van der Waals surface area contributed by atoms with Crippen molar-refractivity contribution in [3.63, 3.8) is 0 Å². The van der Waals surface area contributed by atoms with Crippen molar-refractivity contribution in [1.29, 1.82) is 0 Å². The second-order valence-corrected chi connectivity index (χ2v) is 4.02. The Morgan fingerprint density at radius 1 is 1.24 bits per heavy atom. The maximum absolute atomic E-state index is 11.9. The Labute approximate surface area is 101 Å². The smallest absolute Gasteiger partial charge is 0.257 e. The van der Waals surface area contributed by atoms with Gasteiger partial charge in [0.05, 0.1) is 5.56 Å². The van der Waals surface area contributed by atoms with E-state index < -0.39 is 0 Å². The number of anilines is 1. The van der Waals surface area contributed by atoms with E-state index >= 15 is 0 Å². The summed E-state index contributed by atoms with van der Waals surface area (Å²) in [5.41, 5.74) is 3.66. The maximum Gasteiger partial charge on any atom is 0.257 e. The highest BCUT2D eigenvalue weighted by atomic mass is 16.1. The highest BCUT2D eigenvalue weighted by Crippen LogP contribution is 2.13. The topological polar surface area (TPSA) is 44.9 Å². The molecular formula is C14H16N2O. The number of H-pyrrole nitrogens is 1. The van der Waals surface area contributed by atoms with Crippen LogP contribution < -0.4 is 5.32 Å². The van der Waals surface area contributed by atoms with Crippen LogP contribution in [0.25, 0.3) is 0 Å². The third-order valence-corrected chi connectivity index (χ3v) is 2.82. The molecule has 0 radical (unpaired) electrons. The van der Waals surface area contributed by atoms with Gasteiger partial charge in [0.15, 0.2) is 0 Å². The van der Waals surface area contributed by atoms with Crippen LogP contribution in [0.1, 0.15) is 28.5 Å². The fraction of sp³-hybridized carbons (Fsp3) is 0.214. The summed E-state index contributed by atoms with van der Waals surface area (Å²) in [6, 6.07) is 9.70. The number of nitrogens with one attached hydrogen (secondary N) is 2. The third kappa shape index (κ3) is 2.56. The average molecular weight is 228 g/mol. The van der Waals surface area contributed by atoms with Crippen LogP contribution in [0.3, 0.4) is 0 Å². The van der Waals surface area contributed by atoms with Gasteiger partial charge >= 0.3 is 0 Å². The molecule has 1 aromatic heterocycles. The summed E-state index contributed by atoms with van der Waals surface area (Å²) in [6.07, 6.45) is 2.77. The first kappa shape index (κ1) is 11.5. The van der Waals surface area contributed by atoms with Gasteiger partial charge in [0.2, 0.25) is 0 Å². The quantitative estimate of drug-likeness (QED) is 0.832. The predicted octanol–water partition coefficient (Wildman–Crippen LogP) is 3.14. The van der Waals surface area contributed by atoms with E-state index in [-0.39, 0.29) is 5.91 Å². The lowest BCUT2D eigenvalue weighted by Gasteiger charge is -2.05. The average Bonchev–Trinajstić information content (AvgIpc) is 2.76. The third-order valence-electron chi connectivity index (χ3n) is 2.82. The molecule has 1 aromatic carbocycles. The summed E-state index contributed by atoms with van der Waals surface area (Å²) >= 11 is 0. The minimum Gasteiger partial charge on any atom is -0.365 e. The molecule has 0 aliphatic carbocycles. The van der Waals surface area contributed by atoms with Crippen LogP contribution in [0.4, 0.5) is 5.69 Å². The highest BCUT2D eigenvalue weighted by Gasteiger charge is 2.09. The van der Waals surface area contributed by atoms with Crippen molar-refractivity contribution < 1.29 is 4.79 Å². The van der Waals surface area contributed by atoms with Gasteiger partial charge in [0.1, 0.15) is 0 Å².